The average Bonchev–Trinajstić information content (AvgIpc) is 3.11. The molecule has 17 heavy (non-hydrogen) atoms. The van der Waals surface area contributed by atoms with Crippen molar-refractivity contribution in [2.24, 2.45) is 5.92 Å². The quantitative estimate of drug-likeness (QED) is 0.696. The van der Waals surface area contributed by atoms with Gasteiger partial charge in [0.15, 0.2) is 0 Å². The Hall–Kier alpha value is -0.610. The SMILES string of the molecule is CCOCC(NCC(=O)N(C)C1CC1)C(C)C. The summed E-state index contributed by atoms with van der Waals surface area (Å²) in [6.45, 7) is 8.10. The summed E-state index contributed by atoms with van der Waals surface area (Å²) < 4.78 is 5.42. The van der Waals surface area contributed by atoms with Gasteiger partial charge < -0.3 is 15.0 Å². The molecular weight excluding hydrogens is 216 g/mol. The van der Waals surface area contributed by atoms with E-state index in [0.717, 1.165) is 19.4 Å². The van der Waals surface area contributed by atoms with Crippen molar-refractivity contribution in [3.8, 4) is 0 Å². The number of likely N-dealkylation sites (N-methyl/N-ethyl adjacent to an activating group) is 1. The Morgan fingerprint density at radius 1 is 1.47 bits per heavy atom. The van der Waals surface area contributed by atoms with Gasteiger partial charge in [0, 0.05) is 25.7 Å². The van der Waals surface area contributed by atoms with E-state index < -0.39 is 0 Å². The lowest BCUT2D eigenvalue weighted by molar-refractivity contribution is -0.129. The van der Waals surface area contributed by atoms with E-state index in [4.69, 9.17) is 4.74 Å². The van der Waals surface area contributed by atoms with Gasteiger partial charge >= 0.3 is 0 Å². The molecular formula is C13H26N2O2. The second-order valence-corrected chi connectivity index (χ2v) is 5.13. The van der Waals surface area contributed by atoms with Gasteiger partial charge in [-0.1, -0.05) is 13.8 Å². The van der Waals surface area contributed by atoms with E-state index in [0.29, 0.717) is 25.1 Å². The molecule has 1 fully saturated rings. The molecule has 0 aromatic heterocycles. The number of amides is 1. The van der Waals surface area contributed by atoms with Gasteiger partial charge in [-0.2, -0.15) is 0 Å². The Morgan fingerprint density at radius 3 is 2.59 bits per heavy atom. The minimum atomic E-state index is 0.189. The Balaban J connectivity index is 2.26. The summed E-state index contributed by atoms with van der Waals surface area (Å²) >= 11 is 0. The van der Waals surface area contributed by atoms with Crippen LogP contribution < -0.4 is 5.32 Å². The molecule has 0 aliphatic heterocycles. The maximum absolute atomic E-state index is 11.8. The molecule has 1 unspecified atom stereocenters. The molecule has 0 bridgehead atoms. The van der Waals surface area contributed by atoms with Crippen LogP contribution in [0, 0.1) is 5.92 Å². The van der Waals surface area contributed by atoms with Crippen LogP contribution in [0.3, 0.4) is 0 Å². The van der Waals surface area contributed by atoms with Gasteiger partial charge in [-0.3, -0.25) is 4.79 Å². The maximum Gasteiger partial charge on any atom is 0.236 e. The molecule has 1 saturated carbocycles. The summed E-state index contributed by atoms with van der Waals surface area (Å²) in [6, 6.07) is 0.750. The van der Waals surface area contributed by atoms with Crippen LogP contribution in [0.5, 0.6) is 0 Å². The van der Waals surface area contributed by atoms with E-state index in [1.54, 1.807) is 0 Å². The first kappa shape index (κ1) is 14.5. The molecule has 0 radical (unpaired) electrons. The monoisotopic (exact) mass is 242 g/mol. The second-order valence-electron chi connectivity index (χ2n) is 5.13. The zero-order chi connectivity index (χ0) is 12.8. The first-order valence-electron chi connectivity index (χ1n) is 6.63. The number of hydrogen-bond acceptors (Lipinski definition) is 3. The van der Waals surface area contributed by atoms with Crippen molar-refractivity contribution >= 4 is 5.91 Å². The fourth-order valence-electron chi connectivity index (χ4n) is 1.74. The van der Waals surface area contributed by atoms with Gasteiger partial charge in [0.2, 0.25) is 5.91 Å². The molecule has 1 rings (SSSR count). The van der Waals surface area contributed by atoms with E-state index in [-0.39, 0.29) is 11.9 Å². The summed E-state index contributed by atoms with van der Waals surface area (Å²) in [5.74, 6) is 0.662. The van der Waals surface area contributed by atoms with Crippen molar-refractivity contribution in [1.82, 2.24) is 10.2 Å². The number of ether oxygens (including phenoxy) is 1. The highest BCUT2D eigenvalue weighted by Crippen LogP contribution is 2.25. The number of carbonyl (C=O) groups is 1. The number of hydrogen-bond donors (Lipinski definition) is 1. The first-order chi connectivity index (χ1) is 8.06. The third kappa shape index (κ3) is 5.04. The highest BCUT2D eigenvalue weighted by Gasteiger charge is 2.29. The third-order valence-electron chi connectivity index (χ3n) is 3.31. The standard InChI is InChI=1S/C13H26N2O2/c1-5-17-9-12(10(2)3)14-8-13(16)15(4)11-6-7-11/h10-12,14H,5-9H2,1-4H3. The molecule has 0 heterocycles. The normalized spacial score (nSPS) is 17.2. The summed E-state index contributed by atoms with van der Waals surface area (Å²) in [6.07, 6.45) is 2.32. The minimum Gasteiger partial charge on any atom is -0.380 e. The zero-order valence-electron chi connectivity index (χ0n) is 11.5. The average molecular weight is 242 g/mol. The van der Waals surface area contributed by atoms with Crippen LogP contribution in [0.25, 0.3) is 0 Å². The Morgan fingerprint density at radius 2 is 2.12 bits per heavy atom. The van der Waals surface area contributed by atoms with E-state index in [9.17, 15) is 4.79 Å². The number of carbonyl (C=O) groups excluding carboxylic acids is 1. The fraction of sp³-hybridized carbons (Fsp3) is 0.923. The third-order valence-corrected chi connectivity index (χ3v) is 3.31. The van der Waals surface area contributed by atoms with E-state index in [1.165, 1.54) is 0 Å². The van der Waals surface area contributed by atoms with Crippen molar-refractivity contribution < 1.29 is 9.53 Å². The molecule has 1 atom stereocenters. The summed E-state index contributed by atoms with van der Waals surface area (Å²) in [5, 5.41) is 3.30. The van der Waals surface area contributed by atoms with Gasteiger partial charge in [0.05, 0.1) is 13.2 Å². The van der Waals surface area contributed by atoms with Crippen LogP contribution in [0.4, 0.5) is 0 Å². The van der Waals surface area contributed by atoms with Crippen molar-refractivity contribution in [2.45, 2.75) is 45.7 Å². The molecule has 1 aliphatic carbocycles. The van der Waals surface area contributed by atoms with Crippen LogP contribution in [-0.2, 0) is 9.53 Å². The number of rotatable bonds is 8. The Bertz CT molecular complexity index is 240. The number of nitrogens with zero attached hydrogens (tertiary/aromatic N) is 1. The van der Waals surface area contributed by atoms with Crippen LogP contribution in [0.15, 0.2) is 0 Å². The Kier molecular flexibility index (Phi) is 5.92. The molecule has 1 aliphatic rings. The maximum atomic E-state index is 11.8. The van der Waals surface area contributed by atoms with Crippen molar-refractivity contribution in [2.75, 3.05) is 26.8 Å². The molecule has 100 valence electrons. The lowest BCUT2D eigenvalue weighted by Crippen LogP contribution is -2.44. The molecule has 0 aromatic carbocycles. The smallest absolute Gasteiger partial charge is 0.236 e. The van der Waals surface area contributed by atoms with Gasteiger partial charge in [0.25, 0.3) is 0 Å². The molecule has 1 amide bonds. The fourth-order valence-corrected chi connectivity index (χ4v) is 1.74. The first-order valence-corrected chi connectivity index (χ1v) is 6.63. The summed E-state index contributed by atoms with van der Waals surface area (Å²) in [7, 11) is 1.90. The predicted octanol–water partition coefficient (Wildman–Crippen LogP) is 1.26. The summed E-state index contributed by atoms with van der Waals surface area (Å²) in [4.78, 5) is 13.7. The van der Waals surface area contributed by atoms with Gasteiger partial charge in [-0.05, 0) is 25.7 Å². The molecule has 1 N–H and O–H groups in total. The van der Waals surface area contributed by atoms with Gasteiger partial charge in [-0.25, -0.2) is 0 Å². The van der Waals surface area contributed by atoms with E-state index in [2.05, 4.69) is 19.2 Å². The molecule has 0 aromatic rings. The molecule has 0 saturated heterocycles. The van der Waals surface area contributed by atoms with Crippen LogP contribution in [-0.4, -0.2) is 49.7 Å². The zero-order valence-corrected chi connectivity index (χ0v) is 11.5. The van der Waals surface area contributed by atoms with E-state index in [1.807, 2.05) is 18.9 Å². The van der Waals surface area contributed by atoms with Crippen LogP contribution in [0.2, 0.25) is 0 Å². The summed E-state index contributed by atoms with van der Waals surface area (Å²) in [5.41, 5.74) is 0. The molecule has 4 heteroatoms. The van der Waals surface area contributed by atoms with Crippen LogP contribution in [0.1, 0.15) is 33.6 Å². The Labute approximate surface area is 105 Å². The van der Waals surface area contributed by atoms with Gasteiger partial charge in [-0.15, -0.1) is 0 Å². The van der Waals surface area contributed by atoms with Crippen molar-refractivity contribution in [1.29, 1.82) is 0 Å². The van der Waals surface area contributed by atoms with Crippen molar-refractivity contribution in [3.05, 3.63) is 0 Å². The number of nitrogens with one attached hydrogen (secondary N) is 1. The lowest BCUT2D eigenvalue weighted by Gasteiger charge is -2.24. The predicted molar refractivity (Wildman–Crippen MR) is 68.9 cm³/mol. The molecule has 0 spiro atoms. The second kappa shape index (κ2) is 6.97. The van der Waals surface area contributed by atoms with Gasteiger partial charge in [0.1, 0.15) is 0 Å². The molecule has 4 nitrogen and oxygen atoms in total. The highest BCUT2D eigenvalue weighted by atomic mass is 16.5. The largest absolute Gasteiger partial charge is 0.380 e. The van der Waals surface area contributed by atoms with E-state index >= 15 is 0 Å². The minimum absolute atomic E-state index is 0.189. The van der Waals surface area contributed by atoms with Crippen molar-refractivity contribution in [3.63, 3.8) is 0 Å². The topological polar surface area (TPSA) is 41.6 Å². The highest BCUT2D eigenvalue weighted by molar-refractivity contribution is 5.78. The van der Waals surface area contributed by atoms with Crippen LogP contribution >= 0.6 is 0 Å². The lowest BCUT2D eigenvalue weighted by atomic mass is 10.1.